The van der Waals surface area contributed by atoms with Crippen molar-refractivity contribution < 1.29 is 18.7 Å². The standard InChI is InChI=1S/C29H27FN4O3S2/c1-19-7-2-5-10-22(19)34-29-26(27(31-34)23-11-6-16-38-23)28(20-8-3-4-9-21(20)30)39-18-25(36)33(29)17-24(35)32-12-14-37-15-13-32/h2-11,16,28H,12-15,17-18H2,1H3/t28-/m0/s1. The third-order valence-electron chi connectivity index (χ3n) is 7.03. The average molecular weight is 563 g/mol. The lowest BCUT2D eigenvalue weighted by atomic mass is 10.0. The summed E-state index contributed by atoms with van der Waals surface area (Å²) in [4.78, 5) is 31.5. The van der Waals surface area contributed by atoms with Gasteiger partial charge in [-0.25, -0.2) is 9.07 Å². The van der Waals surface area contributed by atoms with Crippen LogP contribution in [0.2, 0.25) is 0 Å². The summed E-state index contributed by atoms with van der Waals surface area (Å²) in [6, 6.07) is 18.4. The number of fused-ring (bicyclic) bond motifs is 1. The molecule has 1 fully saturated rings. The van der Waals surface area contributed by atoms with E-state index in [-0.39, 0.29) is 29.9 Å². The predicted octanol–water partition coefficient (Wildman–Crippen LogP) is 5.08. The van der Waals surface area contributed by atoms with Gasteiger partial charge in [0.2, 0.25) is 11.8 Å². The van der Waals surface area contributed by atoms with Gasteiger partial charge in [-0.15, -0.1) is 23.1 Å². The van der Waals surface area contributed by atoms with E-state index in [1.165, 1.54) is 29.2 Å². The molecule has 0 spiro atoms. The molecule has 2 aromatic carbocycles. The fraction of sp³-hybridized carbons (Fsp3) is 0.276. The summed E-state index contributed by atoms with van der Waals surface area (Å²) >= 11 is 2.90. The molecule has 1 saturated heterocycles. The van der Waals surface area contributed by atoms with Gasteiger partial charge in [-0.2, -0.15) is 5.10 Å². The molecule has 2 aromatic heterocycles. The summed E-state index contributed by atoms with van der Waals surface area (Å²) in [6.45, 7) is 3.77. The van der Waals surface area contributed by atoms with Crippen molar-refractivity contribution in [3.05, 3.63) is 88.6 Å². The van der Waals surface area contributed by atoms with E-state index < -0.39 is 5.25 Å². The summed E-state index contributed by atoms with van der Waals surface area (Å²) in [5.41, 5.74) is 3.66. The number of anilines is 1. The highest BCUT2D eigenvalue weighted by Gasteiger charge is 2.39. The Balaban J connectivity index is 1.59. The van der Waals surface area contributed by atoms with E-state index in [1.807, 2.05) is 54.8 Å². The Morgan fingerprint density at radius 2 is 1.85 bits per heavy atom. The molecule has 4 aromatic rings. The molecule has 0 radical (unpaired) electrons. The van der Waals surface area contributed by atoms with Crippen molar-refractivity contribution in [3.63, 3.8) is 0 Å². The maximum atomic E-state index is 15.3. The van der Waals surface area contributed by atoms with Crippen LogP contribution in [-0.2, 0) is 14.3 Å². The summed E-state index contributed by atoms with van der Waals surface area (Å²) in [5, 5.41) is 6.55. The van der Waals surface area contributed by atoms with Crippen LogP contribution in [0.5, 0.6) is 0 Å². The number of para-hydroxylation sites is 1. The van der Waals surface area contributed by atoms with E-state index in [2.05, 4.69) is 0 Å². The maximum Gasteiger partial charge on any atom is 0.242 e. The smallest absolute Gasteiger partial charge is 0.242 e. The van der Waals surface area contributed by atoms with Gasteiger partial charge in [0.05, 0.1) is 34.8 Å². The quantitative estimate of drug-likeness (QED) is 0.340. The molecular formula is C29H27FN4O3S2. The predicted molar refractivity (Wildman–Crippen MR) is 152 cm³/mol. The van der Waals surface area contributed by atoms with Crippen molar-refractivity contribution in [3.8, 4) is 16.3 Å². The van der Waals surface area contributed by atoms with Gasteiger partial charge in [-0.1, -0.05) is 42.5 Å². The molecule has 2 aliphatic heterocycles. The molecule has 0 aliphatic carbocycles. The number of aryl methyl sites for hydroxylation is 1. The fourth-order valence-corrected chi connectivity index (χ4v) is 7.01. The molecular weight excluding hydrogens is 535 g/mol. The van der Waals surface area contributed by atoms with Gasteiger partial charge in [0.1, 0.15) is 23.9 Å². The van der Waals surface area contributed by atoms with Crippen LogP contribution in [0.4, 0.5) is 10.2 Å². The van der Waals surface area contributed by atoms with E-state index in [9.17, 15) is 9.59 Å². The normalized spacial score (nSPS) is 17.7. The number of aromatic nitrogens is 2. The Hall–Kier alpha value is -3.47. The second-order valence-electron chi connectivity index (χ2n) is 9.45. The van der Waals surface area contributed by atoms with Crippen molar-refractivity contribution in [1.82, 2.24) is 14.7 Å². The van der Waals surface area contributed by atoms with E-state index in [0.29, 0.717) is 43.4 Å². The molecule has 2 aliphatic rings. The molecule has 10 heteroatoms. The van der Waals surface area contributed by atoms with Gasteiger partial charge in [-0.3, -0.25) is 14.5 Å². The third-order valence-corrected chi connectivity index (χ3v) is 9.15. The first-order valence-electron chi connectivity index (χ1n) is 12.8. The first-order chi connectivity index (χ1) is 19.0. The van der Waals surface area contributed by atoms with Gasteiger partial charge in [0.15, 0.2) is 0 Å². The molecule has 0 bridgehead atoms. The van der Waals surface area contributed by atoms with E-state index in [0.717, 1.165) is 21.7 Å². The first-order valence-corrected chi connectivity index (χ1v) is 14.7. The topological polar surface area (TPSA) is 67.7 Å². The molecule has 200 valence electrons. The average Bonchev–Trinajstić information content (AvgIpc) is 3.59. The Kier molecular flexibility index (Phi) is 7.24. The van der Waals surface area contributed by atoms with Crippen LogP contribution in [0, 0.1) is 12.7 Å². The number of carbonyl (C=O) groups is 2. The Labute approximate surface area is 234 Å². The summed E-state index contributed by atoms with van der Waals surface area (Å²) in [6.07, 6.45) is 0. The number of nitrogens with zero attached hydrogens (tertiary/aromatic N) is 4. The number of morpholine rings is 1. The van der Waals surface area contributed by atoms with Gasteiger partial charge < -0.3 is 9.64 Å². The Bertz CT molecular complexity index is 1510. The zero-order valence-electron chi connectivity index (χ0n) is 21.4. The van der Waals surface area contributed by atoms with Crippen LogP contribution in [0.25, 0.3) is 16.3 Å². The first kappa shape index (κ1) is 25.8. The zero-order valence-corrected chi connectivity index (χ0v) is 23.0. The highest BCUT2D eigenvalue weighted by molar-refractivity contribution is 8.00. The number of carbonyl (C=O) groups excluding carboxylic acids is 2. The van der Waals surface area contributed by atoms with Crippen LogP contribution in [-0.4, -0.2) is 65.1 Å². The van der Waals surface area contributed by atoms with Crippen molar-refractivity contribution in [2.45, 2.75) is 12.2 Å². The van der Waals surface area contributed by atoms with E-state index in [1.54, 1.807) is 26.6 Å². The molecule has 0 unspecified atom stereocenters. The minimum Gasteiger partial charge on any atom is -0.378 e. The van der Waals surface area contributed by atoms with Crippen LogP contribution < -0.4 is 4.90 Å². The second-order valence-corrected chi connectivity index (χ2v) is 11.5. The minimum absolute atomic E-state index is 0.0989. The number of benzene rings is 2. The molecule has 0 N–H and O–H groups in total. The maximum absolute atomic E-state index is 15.3. The second kappa shape index (κ2) is 11.0. The minimum atomic E-state index is -0.497. The SMILES string of the molecule is Cc1ccccc1-n1nc(-c2cccs2)c2c1N(CC(=O)N1CCOCC1)C(=O)CS[C@H]2c1ccccc1F. The molecule has 39 heavy (non-hydrogen) atoms. The van der Waals surface area contributed by atoms with Gasteiger partial charge in [-0.05, 0) is 36.1 Å². The molecule has 1 atom stereocenters. The summed E-state index contributed by atoms with van der Waals surface area (Å²) in [5.74, 6) is -0.0947. The van der Waals surface area contributed by atoms with Crippen molar-refractivity contribution in [1.29, 1.82) is 0 Å². The van der Waals surface area contributed by atoms with Gasteiger partial charge in [0.25, 0.3) is 0 Å². The lowest BCUT2D eigenvalue weighted by molar-refractivity contribution is -0.134. The van der Waals surface area contributed by atoms with E-state index >= 15 is 4.39 Å². The Morgan fingerprint density at radius 3 is 2.59 bits per heavy atom. The number of hydrogen-bond donors (Lipinski definition) is 0. The number of halogens is 1. The number of ether oxygens (including phenoxy) is 1. The highest BCUT2D eigenvalue weighted by atomic mass is 32.2. The van der Waals surface area contributed by atoms with Crippen LogP contribution >= 0.6 is 23.1 Å². The summed E-state index contributed by atoms with van der Waals surface area (Å²) < 4.78 is 22.5. The molecule has 6 rings (SSSR count). The third kappa shape index (κ3) is 4.88. The number of thioether (sulfide) groups is 1. The fourth-order valence-electron chi connectivity index (χ4n) is 5.06. The summed E-state index contributed by atoms with van der Waals surface area (Å²) in [7, 11) is 0. The lowest BCUT2D eigenvalue weighted by Gasteiger charge is -2.30. The Morgan fingerprint density at radius 1 is 1.08 bits per heavy atom. The highest BCUT2D eigenvalue weighted by Crippen LogP contribution is 2.49. The van der Waals surface area contributed by atoms with Crippen molar-refractivity contribution >= 4 is 40.7 Å². The molecule has 7 nitrogen and oxygen atoms in total. The number of amides is 2. The molecule has 4 heterocycles. The van der Waals surface area contributed by atoms with Crippen LogP contribution in [0.3, 0.4) is 0 Å². The lowest BCUT2D eigenvalue weighted by Crippen LogP contribution is -2.48. The number of rotatable bonds is 5. The van der Waals surface area contributed by atoms with E-state index in [4.69, 9.17) is 9.84 Å². The monoisotopic (exact) mass is 562 g/mol. The van der Waals surface area contributed by atoms with Crippen LogP contribution in [0.15, 0.2) is 66.0 Å². The molecule has 2 amide bonds. The number of hydrogen-bond acceptors (Lipinski definition) is 6. The van der Waals surface area contributed by atoms with Gasteiger partial charge in [0, 0.05) is 24.2 Å². The zero-order chi connectivity index (χ0) is 26.9. The largest absolute Gasteiger partial charge is 0.378 e. The van der Waals surface area contributed by atoms with Crippen molar-refractivity contribution in [2.75, 3.05) is 43.5 Å². The van der Waals surface area contributed by atoms with Gasteiger partial charge >= 0.3 is 0 Å². The van der Waals surface area contributed by atoms with Crippen LogP contribution in [0.1, 0.15) is 21.9 Å². The number of thiophene rings is 1. The van der Waals surface area contributed by atoms with Crippen molar-refractivity contribution in [2.24, 2.45) is 0 Å². The molecule has 0 saturated carbocycles.